The Balaban J connectivity index is 1.52. The van der Waals surface area contributed by atoms with Crippen LogP contribution in [0.3, 0.4) is 0 Å². The highest BCUT2D eigenvalue weighted by Gasteiger charge is 2.31. The van der Waals surface area contributed by atoms with Crippen LogP contribution >= 0.6 is 0 Å². The average molecular weight is 320 g/mol. The van der Waals surface area contributed by atoms with Gasteiger partial charge in [0.05, 0.1) is 0 Å². The summed E-state index contributed by atoms with van der Waals surface area (Å²) < 4.78 is 5.51. The van der Waals surface area contributed by atoms with Crippen molar-refractivity contribution in [2.45, 2.75) is 32.0 Å². The molecule has 3 aromatic rings. The molecule has 0 saturated heterocycles. The number of para-hydroxylation sites is 1. The Morgan fingerprint density at radius 2 is 1.88 bits per heavy atom. The Hall–Kier alpha value is -2.59. The lowest BCUT2D eigenvalue weighted by atomic mass is 9.94. The fourth-order valence-corrected chi connectivity index (χ4v) is 3.44. The molecule has 4 nitrogen and oxygen atoms in total. The number of carbonyl (C=O) groups excluding carboxylic acids is 1. The third kappa shape index (κ3) is 2.69. The van der Waals surface area contributed by atoms with E-state index in [1.54, 1.807) is 0 Å². The zero-order valence-electron chi connectivity index (χ0n) is 13.6. The minimum Gasteiger partial charge on any atom is -0.460 e. The minimum atomic E-state index is -0.310. The Morgan fingerprint density at radius 3 is 2.71 bits per heavy atom. The van der Waals surface area contributed by atoms with Gasteiger partial charge in [0.15, 0.2) is 0 Å². The molecule has 4 rings (SSSR count). The standard InChI is InChI=1S/C20H20N2O2/c1-13-19-16(15-9-5-6-10-17(15)22-19)11-18(21-13)20(23)24-12-14-7-3-2-4-8-14/h2-10,13,18,21-22H,11-12H2,1H3/t13?,18-/m0/s1. The molecule has 2 heterocycles. The third-order valence-electron chi connectivity index (χ3n) is 4.65. The summed E-state index contributed by atoms with van der Waals surface area (Å²) in [4.78, 5) is 16.0. The molecule has 2 N–H and O–H groups in total. The topological polar surface area (TPSA) is 54.1 Å². The number of fused-ring (bicyclic) bond motifs is 3. The number of aromatic amines is 1. The highest BCUT2D eigenvalue weighted by atomic mass is 16.5. The second-order valence-corrected chi connectivity index (χ2v) is 6.30. The van der Waals surface area contributed by atoms with Gasteiger partial charge < -0.3 is 9.72 Å². The average Bonchev–Trinajstić information content (AvgIpc) is 3.00. The van der Waals surface area contributed by atoms with Gasteiger partial charge >= 0.3 is 5.97 Å². The Bertz CT molecular complexity index is 870. The summed E-state index contributed by atoms with van der Waals surface area (Å²) in [5, 5.41) is 4.56. The van der Waals surface area contributed by atoms with Gasteiger partial charge in [-0.25, -0.2) is 0 Å². The van der Waals surface area contributed by atoms with Gasteiger partial charge in [-0.05, 0) is 24.1 Å². The molecule has 0 spiro atoms. The molecule has 1 aromatic heterocycles. The van der Waals surface area contributed by atoms with Crippen LogP contribution in [0, 0.1) is 0 Å². The van der Waals surface area contributed by atoms with Gasteiger partial charge in [-0.1, -0.05) is 48.5 Å². The van der Waals surface area contributed by atoms with Crippen molar-refractivity contribution < 1.29 is 9.53 Å². The van der Waals surface area contributed by atoms with Crippen LogP contribution in [0.15, 0.2) is 54.6 Å². The number of H-pyrrole nitrogens is 1. The molecule has 0 radical (unpaired) electrons. The lowest BCUT2D eigenvalue weighted by molar-refractivity contribution is -0.147. The molecular weight excluding hydrogens is 300 g/mol. The smallest absolute Gasteiger partial charge is 0.323 e. The molecule has 0 bridgehead atoms. The summed E-state index contributed by atoms with van der Waals surface area (Å²) in [5.74, 6) is -0.193. The van der Waals surface area contributed by atoms with Crippen molar-refractivity contribution in [1.29, 1.82) is 0 Å². The maximum absolute atomic E-state index is 12.5. The number of aromatic nitrogens is 1. The van der Waals surface area contributed by atoms with E-state index in [0.717, 1.165) is 11.1 Å². The fraction of sp³-hybridized carbons (Fsp3) is 0.250. The zero-order valence-corrected chi connectivity index (χ0v) is 13.6. The molecule has 122 valence electrons. The highest BCUT2D eigenvalue weighted by molar-refractivity contribution is 5.87. The third-order valence-corrected chi connectivity index (χ3v) is 4.65. The predicted octanol–water partition coefficient (Wildman–Crippen LogP) is 3.49. The van der Waals surface area contributed by atoms with E-state index >= 15 is 0 Å². The van der Waals surface area contributed by atoms with E-state index in [2.05, 4.69) is 29.4 Å². The van der Waals surface area contributed by atoms with Crippen molar-refractivity contribution in [3.8, 4) is 0 Å². The molecule has 1 unspecified atom stereocenters. The Labute approximate surface area is 140 Å². The number of benzene rings is 2. The largest absolute Gasteiger partial charge is 0.460 e. The van der Waals surface area contributed by atoms with E-state index in [-0.39, 0.29) is 18.1 Å². The van der Waals surface area contributed by atoms with E-state index in [1.165, 1.54) is 16.6 Å². The van der Waals surface area contributed by atoms with Crippen molar-refractivity contribution in [2.75, 3.05) is 0 Å². The normalized spacial score (nSPS) is 19.9. The van der Waals surface area contributed by atoms with Gasteiger partial charge in [0.2, 0.25) is 0 Å². The maximum Gasteiger partial charge on any atom is 0.323 e. The number of rotatable bonds is 3. The van der Waals surface area contributed by atoms with Gasteiger partial charge in [0.1, 0.15) is 12.6 Å². The molecule has 4 heteroatoms. The van der Waals surface area contributed by atoms with Gasteiger partial charge in [0, 0.05) is 29.1 Å². The quantitative estimate of drug-likeness (QED) is 0.726. The molecular formula is C20H20N2O2. The lowest BCUT2D eigenvalue weighted by Gasteiger charge is -2.27. The van der Waals surface area contributed by atoms with E-state index in [9.17, 15) is 4.79 Å². The molecule has 0 amide bonds. The van der Waals surface area contributed by atoms with Crippen molar-refractivity contribution in [2.24, 2.45) is 0 Å². The van der Waals surface area contributed by atoms with Crippen molar-refractivity contribution in [3.63, 3.8) is 0 Å². The first kappa shape index (κ1) is 15.0. The SMILES string of the molecule is CC1N[C@H](C(=O)OCc2ccccc2)Cc2c1[nH]c1ccccc21. The van der Waals surface area contributed by atoms with E-state index < -0.39 is 0 Å². The van der Waals surface area contributed by atoms with Crippen molar-refractivity contribution >= 4 is 16.9 Å². The summed E-state index contributed by atoms with van der Waals surface area (Å²) in [6, 6.07) is 17.8. The Morgan fingerprint density at radius 1 is 1.12 bits per heavy atom. The summed E-state index contributed by atoms with van der Waals surface area (Å²) >= 11 is 0. The van der Waals surface area contributed by atoms with Crippen LogP contribution in [-0.4, -0.2) is 17.0 Å². The molecule has 0 fully saturated rings. The van der Waals surface area contributed by atoms with Crippen LogP contribution < -0.4 is 5.32 Å². The van der Waals surface area contributed by atoms with Crippen LogP contribution in [0.1, 0.15) is 29.8 Å². The van der Waals surface area contributed by atoms with Gasteiger partial charge in [-0.2, -0.15) is 0 Å². The van der Waals surface area contributed by atoms with E-state index in [4.69, 9.17) is 4.74 Å². The molecule has 24 heavy (non-hydrogen) atoms. The van der Waals surface area contributed by atoms with Crippen molar-refractivity contribution in [3.05, 3.63) is 71.4 Å². The van der Waals surface area contributed by atoms with Crippen LogP contribution in [0.2, 0.25) is 0 Å². The summed E-state index contributed by atoms with van der Waals surface area (Å²) in [7, 11) is 0. The van der Waals surface area contributed by atoms with E-state index in [1.807, 2.05) is 42.5 Å². The van der Waals surface area contributed by atoms with Crippen LogP contribution in [0.4, 0.5) is 0 Å². The second-order valence-electron chi connectivity index (χ2n) is 6.30. The van der Waals surface area contributed by atoms with Gasteiger partial charge in [0.25, 0.3) is 0 Å². The first-order chi connectivity index (χ1) is 11.7. The number of carbonyl (C=O) groups is 1. The minimum absolute atomic E-state index is 0.0930. The molecule has 1 aliphatic rings. The fourth-order valence-electron chi connectivity index (χ4n) is 3.44. The van der Waals surface area contributed by atoms with E-state index in [0.29, 0.717) is 13.0 Å². The molecule has 0 aliphatic carbocycles. The van der Waals surface area contributed by atoms with Crippen LogP contribution in [0.25, 0.3) is 10.9 Å². The lowest BCUT2D eigenvalue weighted by Crippen LogP contribution is -2.44. The first-order valence-electron chi connectivity index (χ1n) is 8.28. The molecule has 1 aliphatic heterocycles. The van der Waals surface area contributed by atoms with Gasteiger partial charge in [-0.15, -0.1) is 0 Å². The number of hydrogen-bond donors (Lipinski definition) is 2. The predicted molar refractivity (Wildman–Crippen MR) is 93.6 cm³/mol. The summed E-state index contributed by atoms with van der Waals surface area (Å²) in [6.45, 7) is 2.39. The highest BCUT2D eigenvalue weighted by Crippen LogP contribution is 2.31. The van der Waals surface area contributed by atoms with Gasteiger partial charge in [-0.3, -0.25) is 10.1 Å². The summed E-state index contributed by atoms with van der Waals surface area (Å²) in [6.07, 6.45) is 0.650. The summed E-state index contributed by atoms with van der Waals surface area (Å²) in [5.41, 5.74) is 4.51. The molecule has 2 aromatic carbocycles. The monoisotopic (exact) mass is 320 g/mol. The zero-order chi connectivity index (χ0) is 16.5. The molecule has 2 atom stereocenters. The number of ether oxygens (including phenoxy) is 1. The Kier molecular flexibility index (Phi) is 3.82. The maximum atomic E-state index is 12.5. The molecule has 0 saturated carbocycles. The number of hydrogen-bond acceptors (Lipinski definition) is 3. The first-order valence-corrected chi connectivity index (χ1v) is 8.28. The van der Waals surface area contributed by atoms with Crippen molar-refractivity contribution in [1.82, 2.24) is 10.3 Å². The second kappa shape index (κ2) is 6.13. The van der Waals surface area contributed by atoms with Crippen LogP contribution in [-0.2, 0) is 22.6 Å². The number of nitrogens with one attached hydrogen (secondary N) is 2. The van der Waals surface area contributed by atoms with Crippen LogP contribution in [0.5, 0.6) is 0 Å². The number of esters is 1.